The highest BCUT2D eigenvalue weighted by Gasteiger charge is 2.08. The van der Waals surface area contributed by atoms with Crippen LogP contribution in [0.3, 0.4) is 0 Å². The van der Waals surface area contributed by atoms with Crippen molar-refractivity contribution in [1.29, 1.82) is 0 Å². The zero-order valence-corrected chi connectivity index (χ0v) is 10.4. The standard InChI is InChI=1S/C12H16N2O3/c1-8(2)13-14-12(15)9-5-10(16-3)7-11(6-9)17-4/h5-7H,1-4H3,(H,14,15). The van der Waals surface area contributed by atoms with Crippen molar-refractivity contribution in [1.82, 2.24) is 5.43 Å². The number of hydrogen-bond donors (Lipinski definition) is 1. The van der Waals surface area contributed by atoms with Gasteiger partial charge in [0.2, 0.25) is 0 Å². The van der Waals surface area contributed by atoms with E-state index in [4.69, 9.17) is 9.47 Å². The van der Waals surface area contributed by atoms with Gasteiger partial charge in [-0.2, -0.15) is 5.10 Å². The molecule has 0 aliphatic heterocycles. The highest BCUT2D eigenvalue weighted by molar-refractivity contribution is 5.95. The molecule has 1 rings (SSSR count). The molecule has 0 bridgehead atoms. The van der Waals surface area contributed by atoms with E-state index in [0.29, 0.717) is 17.1 Å². The van der Waals surface area contributed by atoms with Crippen LogP contribution in [0.5, 0.6) is 11.5 Å². The Morgan fingerprint density at radius 3 is 2.06 bits per heavy atom. The van der Waals surface area contributed by atoms with Gasteiger partial charge in [0.25, 0.3) is 5.91 Å². The van der Waals surface area contributed by atoms with Crippen LogP contribution in [0.4, 0.5) is 0 Å². The minimum atomic E-state index is -0.302. The van der Waals surface area contributed by atoms with Gasteiger partial charge in [-0.15, -0.1) is 0 Å². The molecule has 0 unspecified atom stereocenters. The smallest absolute Gasteiger partial charge is 0.271 e. The maximum Gasteiger partial charge on any atom is 0.271 e. The number of carbonyl (C=O) groups is 1. The number of amides is 1. The fraction of sp³-hybridized carbons (Fsp3) is 0.333. The molecule has 1 amide bonds. The number of nitrogens with one attached hydrogen (secondary N) is 1. The number of benzene rings is 1. The molecule has 1 aromatic carbocycles. The number of carbonyl (C=O) groups excluding carboxylic acids is 1. The Bertz CT molecular complexity index is 415. The Labute approximate surface area is 100 Å². The van der Waals surface area contributed by atoms with E-state index in [1.165, 1.54) is 14.2 Å². The van der Waals surface area contributed by atoms with Gasteiger partial charge in [-0.05, 0) is 26.0 Å². The molecule has 17 heavy (non-hydrogen) atoms. The zero-order valence-electron chi connectivity index (χ0n) is 10.4. The van der Waals surface area contributed by atoms with Gasteiger partial charge >= 0.3 is 0 Å². The first-order valence-corrected chi connectivity index (χ1v) is 5.11. The molecular weight excluding hydrogens is 220 g/mol. The third-order valence-corrected chi connectivity index (χ3v) is 1.99. The Hall–Kier alpha value is -2.04. The van der Waals surface area contributed by atoms with Crippen molar-refractivity contribution in [3.8, 4) is 11.5 Å². The number of nitrogens with zero attached hydrogens (tertiary/aromatic N) is 1. The second kappa shape index (κ2) is 5.89. The van der Waals surface area contributed by atoms with E-state index in [0.717, 1.165) is 5.71 Å². The fourth-order valence-electron chi connectivity index (χ4n) is 1.17. The molecule has 0 spiro atoms. The molecule has 0 aliphatic rings. The minimum Gasteiger partial charge on any atom is -0.497 e. The van der Waals surface area contributed by atoms with Gasteiger partial charge in [0.1, 0.15) is 11.5 Å². The quantitative estimate of drug-likeness (QED) is 0.641. The van der Waals surface area contributed by atoms with Crippen LogP contribution in [0.15, 0.2) is 23.3 Å². The lowest BCUT2D eigenvalue weighted by molar-refractivity contribution is 0.0954. The highest BCUT2D eigenvalue weighted by atomic mass is 16.5. The van der Waals surface area contributed by atoms with Gasteiger partial charge in [-0.3, -0.25) is 4.79 Å². The lowest BCUT2D eigenvalue weighted by atomic mass is 10.2. The van der Waals surface area contributed by atoms with Gasteiger partial charge < -0.3 is 9.47 Å². The zero-order chi connectivity index (χ0) is 12.8. The average Bonchev–Trinajstić information content (AvgIpc) is 2.34. The molecule has 0 aromatic heterocycles. The van der Waals surface area contributed by atoms with Gasteiger partial charge in [-0.1, -0.05) is 0 Å². The van der Waals surface area contributed by atoms with Crippen LogP contribution in [-0.4, -0.2) is 25.8 Å². The Kier molecular flexibility index (Phi) is 4.51. The van der Waals surface area contributed by atoms with Gasteiger partial charge in [0.15, 0.2) is 0 Å². The van der Waals surface area contributed by atoms with E-state index in [1.54, 1.807) is 32.0 Å². The van der Waals surface area contributed by atoms with E-state index in [9.17, 15) is 4.79 Å². The maximum absolute atomic E-state index is 11.8. The van der Waals surface area contributed by atoms with Crippen molar-refractivity contribution >= 4 is 11.6 Å². The van der Waals surface area contributed by atoms with Crippen LogP contribution in [0.25, 0.3) is 0 Å². The van der Waals surface area contributed by atoms with Gasteiger partial charge in [0.05, 0.1) is 14.2 Å². The first-order chi connectivity index (χ1) is 8.06. The second-order valence-electron chi connectivity index (χ2n) is 3.60. The third kappa shape index (κ3) is 3.79. The SMILES string of the molecule is COc1cc(OC)cc(C(=O)NN=C(C)C)c1. The largest absolute Gasteiger partial charge is 0.497 e. The van der Waals surface area contributed by atoms with Crippen molar-refractivity contribution in [3.05, 3.63) is 23.8 Å². The Morgan fingerprint density at radius 1 is 1.12 bits per heavy atom. The lowest BCUT2D eigenvalue weighted by Gasteiger charge is -2.07. The molecule has 0 heterocycles. The fourth-order valence-corrected chi connectivity index (χ4v) is 1.17. The average molecular weight is 236 g/mol. The minimum absolute atomic E-state index is 0.302. The van der Waals surface area contributed by atoms with Gasteiger partial charge in [-0.25, -0.2) is 5.43 Å². The van der Waals surface area contributed by atoms with Crippen molar-refractivity contribution < 1.29 is 14.3 Å². The molecule has 1 N–H and O–H groups in total. The molecule has 0 radical (unpaired) electrons. The Morgan fingerprint density at radius 2 is 1.65 bits per heavy atom. The van der Waals surface area contributed by atoms with E-state index < -0.39 is 0 Å². The molecular formula is C12H16N2O3. The van der Waals surface area contributed by atoms with Crippen LogP contribution in [0.2, 0.25) is 0 Å². The molecule has 0 atom stereocenters. The summed E-state index contributed by atoms with van der Waals surface area (Å²) in [5.74, 6) is 0.821. The van der Waals surface area contributed by atoms with Crippen molar-refractivity contribution in [2.45, 2.75) is 13.8 Å². The maximum atomic E-state index is 11.8. The van der Waals surface area contributed by atoms with Crippen molar-refractivity contribution in [2.24, 2.45) is 5.10 Å². The molecule has 0 aliphatic carbocycles. The van der Waals surface area contributed by atoms with E-state index >= 15 is 0 Å². The summed E-state index contributed by atoms with van der Waals surface area (Å²) in [5.41, 5.74) is 3.65. The normalized spacial score (nSPS) is 9.41. The monoisotopic (exact) mass is 236 g/mol. The lowest BCUT2D eigenvalue weighted by Crippen LogP contribution is -2.18. The topological polar surface area (TPSA) is 59.9 Å². The van der Waals surface area contributed by atoms with Crippen LogP contribution in [-0.2, 0) is 0 Å². The van der Waals surface area contributed by atoms with Crippen LogP contribution in [0, 0.1) is 0 Å². The summed E-state index contributed by atoms with van der Waals surface area (Å²) in [6.07, 6.45) is 0. The van der Waals surface area contributed by atoms with E-state index in [1.807, 2.05) is 0 Å². The van der Waals surface area contributed by atoms with E-state index in [2.05, 4.69) is 10.5 Å². The van der Waals surface area contributed by atoms with Crippen LogP contribution < -0.4 is 14.9 Å². The molecule has 1 aromatic rings. The molecule has 0 saturated carbocycles. The predicted octanol–water partition coefficient (Wildman–Crippen LogP) is 1.83. The van der Waals surface area contributed by atoms with Crippen molar-refractivity contribution in [2.75, 3.05) is 14.2 Å². The molecule has 0 saturated heterocycles. The highest BCUT2D eigenvalue weighted by Crippen LogP contribution is 2.22. The summed E-state index contributed by atoms with van der Waals surface area (Å²) in [7, 11) is 3.07. The van der Waals surface area contributed by atoms with Crippen LogP contribution in [0.1, 0.15) is 24.2 Å². The second-order valence-corrected chi connectivity index (χ2v) is 3.60. The molecule has 92 valence electrons. The number of rotatable bonds is 4. The van der Waals surface area contributed by atoms with Crippen molar-refractivity contribution in [3.63, 3.8) is 0 Å². The number of hydrogen-bond acceptors (Lipinski definition) is 4. The number of methoxy groups -OCH3 is 2. The summed E-state index contributed by atoms with van der Waals surface area (Å²) < 4.78 is 10.2. The summed E-state index contributed by atoms with van der Waals surface area (Å²) >= 11 is 0. The van der Waals surface area contributed by atoms with Crippen LogP contribution >= 0.6 is 0 Å². The Balaban J connectivity index is 2.96. The first kappa shape index (κ1) is 13.0. The molecule has 0 fully saturated rings. The first-order valence-electron chi connectivity index (χ1n) is 5.11. The number of hydrazone groups is 1. The summed E-state index contributed by atoms with van der Waals surface area (Å²) in [4.78, 5) is 11.8. The molecule has 5 heteroatoms. The summed E-state index contributed by atoms with van der Waals surface area (Å²) in [5, 5.41) is 3.85. The molecule has 5 nitrogen and oxygen atoms in total. The third-order valence-electron chi connectivity index (χ3n) is 1.99. The predicted molar refractivity (Wildman–Crippen MR) is 65.8 cm³/mol. The number of ether oxygens (including phenoxy) is 2. The van der Waals surface area contributed by atoms with E-state index in [-0.39, 0.29) is 5.91 Å². The summed E-state index contributed by atoms with van der Waals surface area (Å²) in [6, 6.07) is 4.95. The summed E-state index contributed by atoms with van der Waals surface area (Å²) in [6.45, 7) is 3.60. The van der Waals surface area contributed by atoms with Gasteiger partial charge in [0, 0.05) is 17.3 Å².